The van der Waals surface area contributed by atoms with Crippen molar-refractivity contribution in [2.45, 2.75) is 37.8 Å². The molecule has 2 heterocycles. The Hall–Kier alpha value is -1.33. The van der Waals surface area contributed by atoms with E-state index in [0.717, 1.165) is 25.7 Å². The van der Waals surface area contributed by atoms with Crippen LogP contribution >= 0.6 is 11.6 Å². The van der Waals surface area contributed by atoms with Crippen molar-refractivity contribution < 1.29 is 5.11 Å². The summed E-state index contributed by atoms with van der Waals surface area (Å²) in [7, 11) is 0. The maximum atomic E-state index is 10.1. The Morgan fingerprint density at radius 1 is 1.39 bits per heavy atom. The van der Waals surface area contributed by atoms with Crippen LogP contribution in [0.1, 0.15) is 31.7 Å². The monoisotopic (exact) mass is 266 g/mol. The molecule has 0 bridgehead atoms. The first-order valence-corrected chi connectivity index (χ1v) is 6.51. The second kappa shape index (κ2) is 4.40. The molecule has 0 spiro atoms. The van der Waals surface area contributed by atoms with Crippen LogP contribution < -0.4 is 5.73 Å². The normalized spacial score (nSPS) is 24.6. The second-order valence-electron chi connectivity index (χ2n) is 4.76. The van der Waals surface area contributed by atoms with Crippen molar-refractivity contribution in [2.24, 2.45) is 0 Å². The highest BCUT2D eigenvalue weighted by molar-refractivity contribution is 6.31. The Kier molecular flexibility index (Phi) is 2.87. The van der Waals surface area contributed by atoms with E-state index in [1.165, 1.54) is 0 Å². The Bertz CT molecular complexity index is 583. The number of aromatic nitrogens is 3. The second-order valence-corrected chi connectivity index (χ2v) is 5.19. The zero-order chi connectivity index (χ0) is 12.7. The van der Waals surface area contributed by atoms with Crippen molar-refractivity contribution >= 4 is 28.7 Å². The first-order valence-electron chi connectivity index (χ1n) is 6.14. The average Bonchev–Trinajstić information content (AvgIpc) is 2.65. The van der Waals surface area contributed by atoms with E-state index in [1.807, 2.05) is 4.57 Å². The quantitative estimate of drug-likeness (QED) is 0.829. The maximum Gasteiger partial charge on any atom is 0.202 e. The lowest BCUT2D eigenvalue weighted by atomic mass is 9.92. The van der Waals surface area contributed by atoms with Crippen LogP contribution in [0.15, 0.2) is 12.3 Å². The molecule has 1 aliphatic rings. The lowest BCUT2D eigenvalue weighted by molar-refractivity contribution is 0.0780. The smallest absolute Gasteiger partial charge is 0.202 e. The summed E-state index contributed by atoms with van der Waals surface area (Å²) in [6.45, 7) is 0. The minimum Gasteiger partial charge on any atom is -0.391 e. The number of nitrogens with two attached hydrogens (primary N) is 1. The van der Waals surface area contributed by atoms with Crippen LogP contribution in [-0.4, -0.2) is 25.7 Å². The SMILES string of the molecule is Nc1nc2cc(Cl)cnc2n1C1CCCCC1O. The molecule has 5 nitrogen and oxygen atoms in total. The predicted molar refractivity (Wildman–Crippen MR) is 70.5 cm³/mol. The number of aliphatic hydroxyl groups is 1. The number of nitrogen functional groups attached to an aromatic ring is 1. The molecular weight excluding hydrogens is 252 g/mol. The highest BCUT2D eigenvalue weighted by Crippen LogP contribution is 2.33. The number of aliphatic hydroxyl groups excluding tert-OH is 1. The zero-order valence-electron chi connectivity index (χ0n) is 9.88. The van der Waals surface area contributed by atoms with Gasteiger partial charge in [0.1, 0.15) is 5.52 Å². The van der Waals surface area contributed by atoms with Gasteiger partial charge in [0.2, 0.25) is 5.95 Å². The van der Waals surface area contributed by atoms with Gasteiger partial charge in [0, 0.05) is 6.20 Å². The van der Waals surface area contributed by atoms with Gasteiger partial charge in [-0.15, -0.1) is 0 Å². The molecular formula is C12H15ClN4O. The van der Waals surface area contributed by atoms with E-state index in [9.17, 15) is 5.11 Å². The Morgan fingerprint density at radius 3 is 2.94 bits per heavy atom. The summed E-state index contributed by atoms with van der Waals surface area (Å²) in [5.41, 5.74) is 7.33. The van der Waals surface area contributed by atoms with Gasteiger partial charge in [-0.25, -0.2) is 9.97 Å². The molecule has 6 heteroatoms. The van der Waals surface area contributed by atoms with Crippen molar-refractivity contribution in [3.63, 3.8) is 0 Å². The number of rotatable bonds is 1. The molecule has 0 aliphatic heterocycles. The predicted octanol–water partition coefficient (Wildman–Crippen LogP) is 2.14. The highest BCUT2D eigenvalue weighted by Gasteiger charge is 2.28. The molecule has 2 atom stereocenters. The summed E-state index contributed by atoms with van der Waals surface area (Å²) in [5.74, 6) is 0.394. The molecule has 3 N–H and O–H groups in total. The van der Waals surface area contributed by atoms with Gasteiger partial charge in [0.15, 0.2) is 5.65 Å². The minimum atomic E-state index is -0.379. The Labute approximate surface area is 110 Å². The molecule has 0 amide bonds. The molecule has 18 heavy (non-hydrogen) atoms. The number of hydrogen-bond acceptors (Lipinski definition) is 4. The van der Waals surface area contributed by atoms with E-state index in [2.05, 4.69) is 9.97 Å². The molecule has 0 radical (unpaired) electrons. The van der Waals surface area contributed by atoms with Gasteiger partial charge in [0.05, 0.1) is 17.2 Å². The lowest BCUT2D eigenvalue weighted by Gasteiger charge is -2.29. The number of imidazole rings is 1. The molecule has 0 aromatic carbocycles. The molecule has 2 unspecified atom stereocenters. The van der Waals surface area contributed by atoms with Crippen LogP contribution in [0, 0.1) is 0 Å². The van der Waals surface area contributed by atoms with Gasteiger partial charge < -0.3 is 10.8 Å². The summed E-state index contributed by atoms with van der Waals surface area (Å²) in [4.78, 5) is 8.55. The standard InChI is InChI=1S/C12H15ClN4O/c13-7-5-8-11(15-6-7)17(12(14)16-8)9-3-1-2-4-10(9)18/h5-6,9-10,18H,1-4H2,(H2,14,16). The third kappa shape index (κ3) is 1.83. The average molecular weight is 267 g/mol. The first-order chi connectivity index (χ1) is 8.66. The summed E-state index contributed by atoms with van der Waals surface area (Å²) in [6, 6.07) is 1.71. The highest BCUT2D eigenvalue weighted by atomic mass is 35.5. The molecule has 96 valence electrons. The van der Waals surface area contributed by atoms with Crippen LogP contribution in [-0.2, 0) is 0 Å². The summed E-state index contributed by atoms with van der Waals surface area (Å²) < 4.78 is 1.84. The van der Waals surface area contributed by atoms with E-state index in [-0.39, 0.29) is 12.1 Å². The third-order valence-electron chi connectivity index (χ3n) is 3.55. The largest absolute Gasteiger partial charge is 0.391 e. The molecule has 2 aromatic heterocycles. The van der Waals surface area contributed by atoms with E-state index >= 15 is 0 Å². The van der Waals surface area contributed by atoms with Gasteiger partial charge in [-0.3, -0.25) is 4.57 Å². The number of hydrogen-bond donors (Lipinski definition) is 2. The molecule has 3 rings (SSSR count). The van der Waals surface area contributed by atoms with Gasteiger partial charge in [0.25, 0.3) is 0 Å². The van der Waals surface area contributed by atoms with Crippen LogP contribution in [0.2, 0.25) is 5.02 Å². The van der Waals surface area contributed by atoms with Gasteiger partial charge in [-0.1, -0.05) is 24.4 Å². The summed E-state index contributed by atoms with van der Waals surface area (Å²) in [5, 5.41) is 10.7. The van der Waals surface area contributed by atoms with Gasteiger partial charge >= 0.3 is 0 Å². The fourth-order valence-corrected chi connectivity index (χ4v) is 2.85. The number of pyridine rings is 1. The number of halogens is 1. The van der Waals surface area contributed by atoms with Crippen molar-refractivity contribution in [1.29, 1.82) is 0 Å². The molecule has 0 saturated heterocycles. The fraction of sp³-hybridized carbons (Fsp3) is 0.500. The maximum absolute atomic E-state index is 10.1. The van der Waals surface area contributed by atoms with Gasteiger partial charge in [-0.2, -0.15) is 0 Å². The van der Waals surface area contributed by atoms with Crippen molar-refractivity contribution in [1.82, 2.24) is 14.5 Å². The lowest BCUT2D eigenvalue weighted by Crippen LogP contribution is -2.28. The van der Waals surface area contributed by atoms with Crippen molar-refractivity contribution in [3.8, 4) is 0 Å². The zero-order valence-corrected chi connectivity index (χ0v) is 10.6. The fourth-order valence-electron chi connectivity index (χ4n) is 2.69. The number of anilines is 1. The Morgan fingerprint density at radius 2 is 2.17 bits per heavy atom. The number of fused-ring (bicyclic) bond motifs is 1. The molecule has 1 saturated carbocycles. The van der Waals surface area contributed by atoms with E-state index < -0.39 is 0 Å². The first kappa shape index (κ1) is 11.7. The van der Waals surface area contributed by atoms with Gasteiger partial charge in [-0.05, 0) is 18.9 Å². The van der Waals surface area contributed by atoms with E-state index in [4.69, 9.17) is 17.3 Å². The van der Waals surface area contributed by atoms with Crippen LogP contribution in [0.3, 0.4) is 0 Å². The molecule has 1 fully saturated rings. The van der Waals surface area contributed by atoms with Crippen LogP contribution in [0.5, 0.6) is 0 Å². The van der Waals surface area contributed by atoms with Crippen molar-refractivity contribution in [3.05, 3.63) is 17.3 Å². The summed E-state index contributed by atoms with van der Waals surface area (Å²) >= 11 is 5.89. The number of nitrogens with zero attached hydrogens (tertiary/aromatic N) is 3. The van der Waals surface area contributed by atoms with Crippen LogP contribution in [0.25, 0.3) is 11.2 Å². The van der Waals surface area contributed by atoms with Crippen molar-refractivity contribution in [2.75, 3.05) is 5.73 Å². The minimum absolute atomic E-state index is 0.0302. The van der Waals surface area contributed by atoms with E-state index in [1.54, 1.807) is 12.3 Å². The topological polar surface area (TPSA) is 77.0 Å². The molecule has 1 aliphatic carbocycles. The van der Waals surface area contributed by atoms with E-state index in [0.29, 0.717) is 22.1 Å². The van der Waals surface area contributed by atoms with Crippen LogP contribution in [0.4, 0.5) is 5.95 Å². The molecule has 2 aromatic rings. The third-order valence-corrected chi connectivity index (χ3v) is 3.76. The Balaban J connectivity index is 2.12. The summed E-state index contributed by atoms with van der Waals surface area (Å²) in [6.07, 6.45) is 5.06.